The van der Waals surface area contributed by atoms with Crippen molar-refractivity contribution in [3.05, 3.63) is 35.9 Å². The molecule has 4 atom stereocenters. The number of benzene rings is 1. The van der Waals surface area contributed by atoms with E-state index in [2.05, 4.69) is 20.8 Å². The summed E-state index contributed by atoms with van der Waals surface area (Å²) in [6.45, 7) is 6.28. The van der Waals surface area contributed by atoms with Crippen molar-refractivity contribution >= 4 is 26.6 Å². The first kappa shape index (κ1) is 30.1. The van der Waals surface area contributed by atoms with Crippen LogP contribution in [0.15, 0.2) is 30.3 Å². The number of carbonyl (C=O) groups is 3. The van der Waals surface area contributed by atoms with E-state index in [0.717, 1.165) is 34.9 Å². The fourth-order valence-corrected chi connectivity index (χ4v) is 7.54. The van der Waals surface area contributed by atoms with E-state index >= 15 is 0 Å². The predicted octanol–water partition coefficient (Wildman–Crippen LogP) is 3.95. The Bertz CT molecular complexity index is 811. The van der Waals surface area contributed by atoms with Gasteiger partial charge >= 0.3 is 6.09 Å². The third kappa shape index (κ3) is 7.94. The van der Waals surface area contributed by atoms with E-state index in [0.29, 0.717) is 6.42 Å². The molecule has 0 saturated carbocycles. The molecule has 0 unspecified atom stereocenters. The maximum Gasteiger partial charge on any atom is 0.417 e. The van der Waals surface area contributed by atoms with Crippen LogP contribution in [0.4, 0.5) is 4.79 Å². The number of ether oxygens (including phenoxy) is 4. The van der Waals surface area contributed by atoms with Gasteiger partial charge in [-0.05, 0) is 30.1 Å². The van der Waals surface area contributed by atoms with Crippen LogP contribution >= 0.6 is 0 Å². The molecule has 1 aliphatic rings. The monoisotopic (exact) mass is 523 g/mol. The molecule has 1 heterocycles. The standard InChI is InChI=1S/C26H41NO8Si/c1-6-36(7-2,8-3)35-22(14-15-28)17-23(32-5)24(34-19-31-4)25(29)27-21(18-33-26(27)30)16-20-12-10-9-11-13-20/h9-13,15,21-24H,6-8,14,16-19H2,1-5H3/t21-,22+,23+,24-/m0/s1. The Morgan fingerprint density at radius 2 is 1.83 bits per heavy atom. The van der Waals surface area contributed by atoms with Crippen LogP contribution in [0.25, 0.3) is 0 Å². The van der Waals surface area contributed by atoms with Gasteiger partial charge in [0.05, 0.1) is 18.2 Å². The van der Waals surface area contributed by atoms with Gasteiger partial charge in [-0.15, -0.1) is 0 Å². The van der Waals surface area contributed by atoms with Crippen LogP contribution in [0.3, 0.4) is 0 Å². The van der Waals surface area contributed by atoms with E-state index in [1.807, 2.05) is 30.3 Å². The molecule has 202 valence electrons. The van der Waals surface area contributed by atoms with E-state index in [-0.39, 0.29) is 26.2 Å². The molecule has 2 rings (SSSR count). The Labute approximate surface area is 215 Å². The summed E-state index contributed by atoms with van der Waals surface area (Å²) in [4.78, 5) is 39.0. The molecular formula is C26H41NO8Si. The number of cyclic esters (lactones) is 1. The first-order chi connectivity index (χ1) is 17.4. The van der Waals surface area contributed by atoms with Crippen LogP contribution in [-0.4, -0.2) is 83.5 Å². The van der Waals surface area contributed by atoms with Gasteiger partial charge in [0.1, 0.15) is 19.7 Å². The lowest BCUT2D eigenvalue weighted by Gasteiger charge is -2.36. The van der Waals surface area contributed by atoms with Crippen LogP contribution in [0.5, 0.6) is 0 Å². The summed E-state index contributed by atoms with van der Waals surface area (Å²) in [5.41, 5.74) is 0.982. The van der Waals surface area contributed by atoms with Crippen molar-refractivity contribution in [1.82, 2.24) is 4.90 Å². The van der Waals surface area contributed by atoms with Gasteiger partial charge in [-0.2, -0.15) is 0 Å². The minimum absolute atomic E-state index is 0.0998. The van der Waals surface area contributed by atoms with E-state index < -0.39 is 44.7 Å². The number of carbonyl (C=O) groups excluding carboxylic acids is 3. The highest BCUT2D eigenvalue weighted by Crippen LogP contribution is 2.28. The highest BCUT2D eigenvalue weighted by Gasteiger charge is 2.45. The fraction of sp³-hybridized carbons (Fsp3) is 0.654. The smallest absolute Gasteiger partial charge is 0.417 e. The molecule has 1 saturated heterocycles. The van der Waals surface area contributed by atoms with Crippen molar-refractivity contribution in [1.29, 1.82) is 0 Å². The highest BCUT2D eigenvalue weighted by atomic mass is 28.4. The van der Waals surface area contributed by atoms with Crippen LogP contribution in [0, 0.1) is 0 Å². The maximum atomic E-state index is 13.7. The van der Waals surface area contributed by atoms with Gasteiger partial charge in [-0.3, -0.25) is 4.79 Å². The zero-order valence-corrected chi connectivity index (χ0v) is 23.1. The number of methoxy groups -OCH3 is 2. The average Bonchev–Trinajstić information content (AvgIpc) is 3.26. The zero-order valence-electron chi connectivity index (χ0n) is 22.1. The molecule has 0 N–H and O–H groups in total. The summed E-state index contributed by atoms with van der Waals surface area (Å²) < 4.78 is 28.4. The molecule has 0 radical (unpaired) electrons. The first-order valence-electron chi connectivity index (χ1n) is 12.7. The molecule has 10 heteroatoms. The van der Waals surface area contributed by atoms with Crippen LogP contribution in [0.1, 0.15) is 39.2 Å². The van der Waals surface area contributed by atoms with Gasteiger partial charge in [-0.1, -0.05) is 51.1 Å². The summed E-state index contributed by atoms with van der Waals surface area (Å²) in [7, 11) is 0.906. The average molecular weight is 524 g/mol. The van der Waals surface area contributed by atoms with Gasteiger partial charge in [-0.25, -0.2) is 9.69 Å². The fourth-order valence-electron chi connectivity index (χ4n) is 4.64. The lowest BCUT2D eigenvalue weighted by Crippen LogP contribution is -2.52. The van der Waals surface area contributed by atoms with Gasteiger partial charge in [0.25, 0.3) is 5.91 Å². The molecule has 1 aromatic rings. The lowest BCUT2D eigenvalue weighted by atomic mass is 10.0. The molecule has 9 nitrogen and oxygen atoms in total. The predicted molar refractivity (Wildman–Crippen MR) is 137 cm³/mol. The number of rotatable bonds is 17. The minimum atomic E-state index is -2.02. The third-order valence-electron chi connectivity index (χ3n) is 6.97. The molecule has 0 bridgehead atoms. The molecular weight excluding hydrogens is 482 g/mol. The van der Waals surface area contributed by atoms with Crippen LogP contribution in [-0.2, 0) is 39.4 Å². The van der Waals surface area contributed by atoms with Crippen molar-refractivity contribution in [2.75, 3.05) is 27.6 Å². The largest absolute Gasteiger partial charge is 0.447 e. The number of hydrogen-bond acceptors (Lipinski definition) is 8. The van der Waals surface area contributed by atoms with Gasteiger partial charge in [0.15, 0.2) is 14.4 Å². The van der Waals surface area contributed by atoms with Crippen LogP contribution in [0.2, 0.25) is 18.1 Å². The Balaban J connectivity index is 2.27. The number of amides is 2. The maximum absolute atomic E-state index is 13.7. The number of hydrogen-bond donors (Lipinski definition) is 0. The zero-order chi connectivity index (χ0) is 26.6. The molecule has 0 spiro atoms. The van der Waals surface area contributed by atoms with Crippen molar-refractivity contribution in [2.45, 2.75) is 82.5 Å². The van der Waals surface area contributed by atoms with Crippen molar-refractivity contribution in [3.8, 4) is 0 Å². The SMILES string of the molecule is CC[Si](CC)(CC)O[C@H](CC=O)C[C@@H](OC)[C@H](OCOC)C(=O)N1C(=O)OC[C@@H]1Cc1ccccc1. The second-order valence-corrected chi connectivity index (χ2v) is 13.7. The Morgan fingerprint density at radius 1 is 1.17 bits per heavy atom. The van der Waals surface area contributed by atoms with Gasteiger partial charge in [0.2, 0.25) is 0 Å². The number of aldehydes is 1. The summed E-state index contributed by atoms with van der Waals surface area (Å²) >= 11 is 0. The van der Waals surface area contributed by atoms with Crippen molar-refractivity contribution in [3.63, 3.8) is 0 Å². The summed E-state index contributed by atoms with van der Waals surface area (Å²) in [5, 5.41) is 0. The molecule has 0 aromatic heterocycles. The molecule has 1 fully saturated rings. The number of nitrogens with zero attached hydrogens (tertiary/aromatic N) is 1. The van der Waals surface area contributed by atoms with E-state index in [1.165, 1.54) is 14.2 Å². The van der Waals surface area contributed by atoms with Crippen LogP contribution < -0.4 is 0 Å². The number of imide groups is 1. The molecule has 0 aliphatic carbocycles. The second-order valence-electron chi connectivity index (χ2n) is 9.02. The van der Waals surface area contributed by atoms with E-state index in [9.17, 15) is 14.4 Å². The third-order valence-corrected chi connectivity index (χ3v) is 11.7. The minimum Gasteiger partial charge on any atom is -0.447 e. The summed E-state index contributed by atoms with van der Waals surface area (Å²) in [6.07, 6.45) is -1.31. The highest BCUT2D eigenvalue weighted by molar-refractivity contribution is 6.73. The molecule has 36 heavy (non-hydrogen) atoms. The van der Waals surface area contributed by atoms with Gasteiger partial charge < -0.3 is 28.2 Å². The van der Waals surface area contributed by atoms with Crippen molar-refractivity contribution in [2.24, 2.45) is 0 Å². The normalized spacial score (nSPS) is 18.5. The Morgan fingerprint density at radius 3 is 2.39 bits per heavy atom. The van der Waals surface area contributed by atoms with Crippen molar-refractivity contribution < 1.29 is 37.8 Å². The summed E-state index contributed by atoms with van der Waals surface area (Å²) in [5.74, 6) is -0.558. The Hall–Kier alpha value is -2.11. The van der Waals surface area contributed by atoms with E-state index in [4.69, 9.17) is 23.4 Å². The first-order valence-corrected chi connectivity index (χ1v) is 15.2. The molecule has 1 aliphatic heterocycles. The molecule has 1 aromatic carbocycles. The lowest BCUT2D eigenvalue weighted by molar-refractivity contribution is -0.167. The van der Waals surface area contributed by atoms with E-state index in [1.54, 1.807) is 0 Å². The Kier molecular flexibility index (Phi) is 12.7. The quantitative estimate of drug-likeness (QED) is 0.172. The second kappa shape index (κ2) is 15.2. The van der Waals surface area contributed by atoms with Gasteiger partial charge in [0, 0.05) is 27.1 Å². The molecule has 2 amide bonds. The topological polar surface area (TPSA) is 101 Å². The summed E-state index contributed by atoms with van der Waals surface area (Å²) in [6, 6.07) is 11.9.